The Bertz CT molecular complexity index is 1170. The van der Waals surface area contributed by atoms with E-state index >= 15 is 0 Å². The molecule has 4 N–H and O–H groups in total. The van der Waals surface area contributed by atoms with Crippen molar-refractivity contribution in [1.82, 2.24) is 25.6 Å². The lowest BCUT2D eigenvalue weighted by Gasteiger charge is -2.29. The molecule has 0 radical (unpaired) electrons. The lowest BCUT2D eigenvalue weighted by molar-refractivity contribution is 0.0766. The summed E-state index contributed by atoms with van der Waals surface area (Å²) in [6.45, 7) is 3.54. The Morgan fingerprint density at radius 3 is 2.88 bits per heavy atom. The predicted molar refractivity (Wildman–Crippen MR) is 124 cm³/mol. The van der Waals surface area contributed by atoms with Crippen molar-refractivity contribution in [3.8, 4) is 17.0 Å². The van der Waals surface area contributed by atoms with E-state index in [-0.39, 0.29) is 24.4 Å². The summed E-state index contributed by atoms with van der Waals surface area (Å²) in [6, 6.07) is 4.04. The highest BCUT2D eigenvalue weighted by Gasteiger charge is 2.28. The number of fused-ring (bicyclic) bond motifs is 1. The van der Waals surface area contributed by atoms with Crippen LogP contribution in [0, 0.1) is 18.7 Å². The maximum absolute atomic E-state index is 14.2. The quantitative estimate of drug-likeness (QED) is 0.436. The molecule has 2 atom stereocenters. The van der Waals surface area contributed by atoms with Crippen LogP contribution in [0.25, 0.3) is 22.3 Å². The number of aliphatic hydroxyl groups excluding tert-OH is 1. The third-order valence-electron chi connectivity index (χ3n) is 6.13. The van der Waals surface area contributed by atoms with E-state index < -0.39 is 11.9 Å². The van der Waals surface area contributed by atoms with E-state index in [0.717, 1.165) is 19.4 Å². The van der Waals surface area contributed by atoms with Crippen molar-refractivity contribution < 1.29 is 19.0 Å². The number of aliphatic hydroxyl groups is 1. The molecular formula is C23H27ClFN5O3. The van der Waals surface area contributed by atoms with Crippen molar-refractivity contribution in [2.24, 2.45) is 5.92 Å². The number of carbonyl (C=O) groups is 1. The van der Waals surface area contributed by atoms with Crippen LogP contribution < -0.4 is 15.4 Å². The van der Waals surface area contributed by atoms with Crippen LogP contribution in [0.1, 0.15) is 35.3 Å². The maximum atomic E-state index is 14.2. The zero-order valence-electron chi connectivity index (χ0n) is 18.2. The summed E-state index contributed by atoms with van der Waals surface area (Å²) in [5.74, 6) is 0.390. The predicted octanol–water partition coefficient (Wildman–Crippen LogP) is 2.74. The molecule has 2 fully saturated rings. The van der Waals surface area contributed by atoms with Gasteiger partial charge in [-0.2, -0.15) is 0 Å². The first-order valence-electron chi connectivity index (χ1n) is 11.0. The van der Waals surface area contributed by atoms with Crippen LogP contribution in [0.4, 0.5) is 4.39 Å². The molecule has 1 saturated carbocycles. The average Bonchev–Trinajstić information content (AvgIpc) is 3.54. The fraction of sp³-hybridized carbons (Fsp3) is 0.435. The minimum Gasteiger partial charge on any atom is -0.493 e. The summed E-state index contributed by atoms with van der Waals surface area (Å²) in [5, 5.41) is 16.2. The number of H-pyrrole nitrogens is 1. The number of piperidine rings is 1. The van der Waals surface area contributed by atoms with Crippen LogP contribution in [-0.4, -0.2) is 57.8 Å². The number of amides is 1. The molecule has 10 heteroatoms. The second-order valence-corrected chi connectivity index (χ2v) is 8.61. The molecule has 1 aliphatic carbocycles. The van der Waals surface area contributed by atoms with Gasteiger partial charge in [-0.25, -0.2) is 14.4 Å². The molecule has 2 aliphatic rings. The Morgan fingerprint density at radius 2 is 2.12 bits per heavy atom. The molecule has 3 heterocycles. The van der Waals surface area contributed by atoms with Gasteiger partial charge in [-0.05, 0) is 56.8 Å². The van der Waals surface area contributed by atoms with E-state index in [0.29, 0.717) is 64.8 Å². The van der Waals surface area contributed by atoms with Crippen molar-refractivity contribution in [2.75, 3.05) is 19.7 Å². The summed E-state index contributed by atoms with van der Waals surface area (Å²) in [4.78, 5) is 25.0. The van der Waals surface area contributed by atoms with Gasteiger partial charge < -0.3 is 25.5 Å². The number of aromatic amines is 1. The van der Waals surface area contributed by atoms with Crippen molar-refractivity contribution in [3.05, 3.63) is 41.6 Å². The summed E-state index contributed by atoms with van der Waals surface area (Å²) in [5.41, 5.74) is 3.00. The standard InChI is InChI=1S/C23H26FN5O3.ClH/c1-12-19(23(31)29-16-6-7-25-9-17(16)30)21-22(28-12)20(26-11-27-21)15-8-14(24)4-5-18(15)32-10-13-2-3-13;/h4-5,8,11,13,16-17,25,28,30H,2-3,6-7,9-10H2,1H3,(H,29,31);1H/t16-,17+;/m1./s1. The number of hydrogen-bond acceptors (Lipinski definition) is 6. The molecule has 2 aromatic heterocycles. The molecule has 3 aromatic rings. The Kier molecular flexibility index (Phi) is 6.83. The number of nitrogens with zero attached hydrogens (tertiary/aromatic N) is 2. The molecule has 1 amide bonds. The van der Waals surface area contributed by atoms with Crippen LogP contribution in [0.3, 0.4) is 0 Å². The minimum absolute atomic E-state index is 0. The van der Waals surface area contributed by atoms with Crippen molar-refractivity contribution in [2.45, 2.75) is 38.3 Å². The highest BCUT2D eigenvalue weighted by molar-refractivity contribution is 6.09. The highest BCUT2D eigenvalue weighted by atomic mass is 35.5. The molecule has 1 aliphatic heterocycles. The highest BCUT2D eigenvalue weighted by Crippen LogP contribution is 2.36. The third kappa shape index (κ3) is 4.80. The van der Waals surface area contributed by atoms with Crippen molar-refractivity contribution in [3.63, 3.8) is 0 Å². The minimum atomic E-state index is -0.651. The van der Waals surface area contributed by atoms with Gasteiger partial charge in [0, 0.05) is 17.8 Å². The van der Waals surface area contributed by atoms with Crippen LogP contribution in [0.15, 0.2) is 24.5 Å². The summed E-state index contributed by atoms with van der Waals surface area (Å²) in [7, 11) is 0. The molecule has 0 spiro atoms. The first-order chi connectivity index (χ1) is 15.5. The van der Waals surface area contributed by atoms with Gasteiger partial charge >= 0.3 is 0 Å². The van der Waals surface area contributed by atoms with E-state index in [2.05, 4.69) is 25.6 Å². The number of rotatable bonds is 6. The van der Waals surface area contributed by atoms with Gasteiger partial charge in [0.25, 0.3) is 5.91 Å². The number of nitrogens with one attached hydrogen (secondary N) is 3. The molecular weight excluding hydrogens is 449 g/mol. The Hall–Kier alpha value is -2.75. The zero-order chi connectivity index (χ0) is 22.2. The molecule has 8 nitrogen and oxygen atoms in total. The lowest BCUT2D eigenvalue weighted by atomic mass is 10.0. The molecule has 0 bridgehead atoms. The van der Waals surface area contributed by atoms with Gasteiger partial charge in [0.2, 0.25) is 0 Å². The van der Waals surface area contributed by atoms with Crippen LogP contribution >= 0.6 is 12.4 Å². The molecule has 176 valence electrons. The zero-order valence-corrected chi connectivity index (χ0v) is 19.0. The third-order valence-corrected chi connectivity index (χ3v) is 6.13. The second-order valence-electron chi connectivity index (χ2n) is 8.61. The SMILES string of the molecule is Cc1[nH]c2c(-c3cc(F)ccc3OCC3CC3)ncnc2c1C(=O)N[C@@H]1CCNC[C@@H]1O.Cl. The molecule has 5 rings (SSSR count). The number of aromatic nitrogens is 3. The van der Waals surface area contributed by atoms with Gasteiger partial charge in [-0.1, -0.05) is 0 Å². The van der Waals surface area contributed by atoms with Crippen LogP contribution in [-0.2, 0) is 0 Å². The van der Waals surface area contributed by atoms with Crippen molar-refractivity contribution >= 4 is 29.3 Å². The van der Waals surface area contributed by atoms with Crippen LogP contribution in [0.2, 0.25) is 0 Å². The Balaban J connectivity index is 0.00000259. The first-order valence-corrected chi connectivity index (χ1v) is 11.0. The molecule has 33 heavy (non-hydrogen) atoms. The van der Waals surface area contributed by atoms with Gasteiger partial charge in [0.05, 0.1) is 29.8 Å². The van der Waals surface area contributed by atoms with Gasteiger partial charge in [0.15, 0.2) is 0 Å². The monoisotopic (exact) mass is 475 g/mol. The van der Waals surface area contributed by atoms with Crippen molar-refractivity contribution in [1.29, 1.82) is 0 Å². The summed E-state index contributed by atoms with van der Waals surface area (Å²) >= 11 is 0. The van der Waals surface area contributed by atoms with E-state index in [4.69, 9.17) is 4.74 Å². The maximum Gasteiger partial charge on any atom is 0.255 e. The molecule has 1 aromatic carbocycles. The smallest absolute Gasteiger partial charge is 0.255 e. The number of aryl methyl sites for hydroxylation is 1. The average molecular weight is 476 g/mol. The Labute approximate surface area is 196 Å². The normalized spacial score (nSPS) is 20.3. The van der Waals surface area contributed by atoms with Gasteiger partial charge in [-0.3, -0.25) is 4.79 Å². The summed E-state index contributed by atoms with van der Waals surface area (Å²) < 4.78 is 20.1. The van der Waals surface area contributed by atoms with Gasteiger partial charge in [0.1, 0.15) is 29.1 Å². The number of halogens is 2. The summed E-state index contributed by atoms with van der Waals surface area (Å²) in [6.07, 6.45) is 3.65. The van der Waals surface area contributed by atoms with E-state index in [1.807, 2.05) is 0 Å². The van der Waals surface area contributed by atoms with E-state index in [1.165, 1.54) is 18.5 Å². The number of β-amino-alcohol motifs (C(OH)–C–C–N with tert-alkyl or cyclic N) is 1. The fourth-order valence-corrected chi connectivity index (χ4v) is 4.16. The number of ether oxygens (including phenoxy) is 1. The fourth-order valence-electron chi connectivity index (χ4n) is 4.16. The lowest BCUT2D eigenvalue weighted by Crippen LogP contribution is -2.52. The van der Waals surface area contributed by atoms with Crippen LogP contribution in [0.5, 0.6) is 5.75 Å². The Morgan fingerprint density at radius 1 is 1.30 bits per heavy atom. The molecule has 0 unspecified atom stereocenters. The first kappa shape index (κ1) is 23.4. The molecule has 1 saturated heterocycles. The number of hydrogen-bond donors (Lipinski definition) is 4. The largest absolute Gasteiger partial charge is 0.493 e. The number of benzene rings is 1. The number of carbonyl (C=O) groups excluding carboxylic acids is 1. The van der Waals surface area contributed by atoms with E-state index in [1.54, 1.807) is 13.0 Å². The topological polar surface area (TPSA) is 112 Å². The van der Waals surface area contributed by atoms with E-state index in [9.17, 15) is 14.3 Å². The van der Waals surface area contributed by atoms with Gasteiger partial charge in [-0.15, -0.1) is 12.4 Å². The second kappa shape index (κ2) is 9.62.